The molecule has 0 radical (unpaired) electrons. The van der Waals surface area contributed by atoms with E-state index in [1.54, 1.807) is 0 Å². The molecule has 0 saturated carbocycles. The van der Waals surface area contributed by atoms with E-state index in [-0.39, 0.29) is 17.7 Å². The topological polar surface area (TPSA) is 96.3 Å². The van der Waals surface area contributed by atoms with Crippen molar-refractivity contribution in [1.82, 2.24) is 0 Å². The summed E-state index contributed by atoms with van der Waals surface area (Å²) in [4.78, 5) is 10.8. The Morgan fingerprint density at radius 2 is 2.11 bits per heavy atom. The van der Waals surface area contributed by atoms with Gasteiger partial charge in [0, 0.05) is 6.54 Å². The number of hydrogen-bond donors (Lipinski definition) is 2. The van der Waals surface area contributed by atoms with Gasteiger partial charge < -0.3 is 15.6 Å². The minimum absolute atomic E-state index is 0.0549. The Bertz CT molecular complexity index is 520. The van der Waals surface area contributed by atoms with Gasteiger partial charge in [-0.1, -0.05) is 0 Å². The standard InChI is InChI=1S/C10H7F3N2O3/c11-10(12,13)18-8-2-5(3-14)7(9(16)17)1-6(8)4-15/h1-2H,3,14H2,(H,16,17). The zero-order valence-electron chi connectivity index (χ0n) is 8.78. The molecule has 0 unspecified atom stereocenters. The molecule has 0 spiro atoms. The molecule has 0 fully saturated rings. The van der Waals surface area contributed by atoms with Crippen LogP contribution >= 0.6 is 0 Å². The number of nitrogens with zero attached hydrogens (tertiary/aromatic N) is 1. The molecular formula is C10H7F3N2O3. The summed E-state index contributed by atoms with van der Waals surface area (Å²) < 4.78 is 39.8. The largest absolute Gasteiger partial charge is 0.573 e. The molecule has 8 heteroatoms. The maximum absolute atomic E-state index is 12.1. The van der Waals surface area contributed by atoms with E-state index in [0.717, 1.165) is 12.1 Å². The predicted molar refractivity (Wildman–Crippen MR) is 52.7 cm³/mol. The first-order valence-corrected chi connectivity index (χ1v) is 4.54. The third-order valence-electron chi connectivity index (χ3n) is 2.00. The third kappa shape index (κ3) is 3.11. The van der Waals surface area contributed by atoms with Crippen molar-refractivity contribution in [2.75, 3.05) is 0 Å². The van der Waals surface area contributed by atoms with Crippen LogP contribution in [0.15, 0.2) is 12.1 Å². The fourth-order valence-corrected chi connectivity index (χ4v) is 1.29. The fraction of sp³-hybridized carbons (Fsp3) is 0.200. The summed E-state index contributed by atoms with van der Waals surface area (Å²) in [5.74, 6) is -2.15. The van der Waals surface area contributed by atoms with Gasteiger partial charge in [-0.15, -0.1) is 13.2 Å². The Morgan fingerprint density at radius 3 is 2.50 bits per heavy atom. The monoisotopic (exact) mass is 260 g/mol. The van der Waals surface area contributed by atoms with Gasteiger partial charge in [0.25, 0.3) is 0 Å². The van der Waals surface area contributed by atoms with Crippen molar-refractivity contribution < 1.29 is 27.8 Å². The van der Waals surface area contributed by atoms with E-state index in [1.165, 1.54) is 6.07 Å². The quantitative estimate of drug-likeness (QED) is 0.860. The second-order valence-electron chi connectivity index (χ2n) is 3.17. The second-order valence-corrected chi connectivity index (χ2v) is 3.17. The van der Waals surface area contributed by atoms with Crippen LogP contribution in [0.1, 0.15) is 21.5 Å². The van der Waals surface area contributed by atoms with Crippen molar-refractivity contribution in [3.63, 3.8) is 0 Å². The van der Waals surface area contributed by atoms with Crippen LogP contribution in [0.25, 0.3) is 0 Å². The lowest BCUT2D eigenvalue weighted by Gasteiger charge is -2.12. The van der Waals surface area contributed by atoms with Crippen LogP contribution in [0.4, 0.5) is 13.2 Å². The lowest BCUT2D eigenvalue weighted by Crippen LogP contribution is -2.19. The van der Waals surface area contributed by atoms with Crippen LogP contribution in [0.2, 0.25) is 0 Å². The van der Waals surface area contributed by atoms with Crippen molar-refractivity contribution in [2.45, 2.75) is 12.9 Å². The number of carboxylic acid groups (broad SMARTS) is 1. The van der Waals surface area contributed by atoms with Crippen molar-refractivity contribution in [1.29, 1.82) is 5.26 Å². The van der Waals surface area contributed by atoms with E-state index in [0.29, 0.717) is 0 Å². The predicted octanol–water partition coefficient (Wildman–Crippen LogP) is 1.61. The SMILES string of the molecule is N#Cc1cc(C(=O)O)c(CN)cc1OC(F)(F)F. The first-order chi connectivity index (χ1) is 8.28. The summed E-state index contributed by atoms with van der Waals surface area (Å²) in [6.45, 7) is -0.290. The van der Waals surface area contributed by atoms with Gasteiger partial charge >= 0.3 is 12.3 Å². The highest BCUT2D eigenvalue weighted by Crippen LogP contribution is 2.29. The van der Waals surface area contributed by atoms with Crippen LogP contribution in [0.5, 0.6) is 5.75 Å². The number of nitriles is 1. The van der Waals surface area contributed by atoms with E-state index in [9.17, 15) is 18.0 Å². The molecule has 18 heavy (non-hydrogen) atoms. The number of ether oxygens (including phenoxy) is 1. The average molecular weight is 260 g/mol. The summed E-state index contributed by atoms with van der Waals surface area (Å²) in [5, 5.41) is 17.5. The zero-order chi connectivity index (χ0) is 13.9. The molecular weight excluding hydrogens is 253 g/mol. The van der Waals surface area contributed by atoms with Crippen LogP contribution in [-0.2, 0) is 6.54 Å². The van der Waals surface area contributed by atoms with Gasteiger partial charge in [-0.2, -0.15) is 5.26 Å². The number of halogens is 3. The van der Waals surface area contributed by atoms with Crippen molar-refractivity contribution in [3.8, 4) is 11.8 Å². The van der Waals surface area contributed by atoms with Gasteiger partial charge in [-0.25, -0.2) is 4.79 Å². The van der Waals surface area contributed by atoms with E-state index < -0.39 is 23.6 Å². The maximum atomic E-state index is 12.1. The fourth-order valence-electron chi connectivity index (χ4n) is 1.29. The van der Waals surface area contributed by atoms with Crippen LogP contribution < -0.4 is 10.5 Å². The number of hydrogen-bond acceptors (Lipinski definition) is 4. The van der Waals surface area contributed by atoms with Gasteiger partial charge in [0.15, 0.2) is 0 Å². The first-order valence-electron chi connectivity index (χ1n) is 4.54. The molecule has 0 aliphatic carbocycles. The summed E-state index contributed by atoms with van der Waals surface area (Å²) in [6.07, 6.45) is -4.97. The Balaban J connectivity index is 3.37. The minimum atomic E-state index is -4.97. The van der Waals surface area contributed by atoms with E-state index in [4.69, 9.17) is 16.1 Å². The molecule has 0 bridgehead atoms. The van der Waals surface area contributed by atoms with Gasteiger partial charge in [0.1, 0.15) is 11.8 Å². The number of aromatic carboxylic acids is 1. The molecule has 96 valence electrons. The van der Waals surface area contributed by atoms with Crippen molar-refractivity contribution >= 4 is 5.97 Å². The summed E-state index contributed by atoms with van der Waals surface area (Å²) in [6, 6.07) is 3.03. The normalized spacial score (nSPS) is 10.8. The van der Waals surface area contributed by atoms with E-state index in [2.05, 4.69) is 4.74 Å². The highest BCUT2D eigenvalue weighted by Gasteiger charge is 2.32. The van der Waals surface area contributed by atoms with Crippen LogP contribution in [0, 0.1) is 11.3 Å². The molecule has 5 nitrogen and oxygen atoms in total. The van der Waals surface area contributed by atoms with Gasteiger partial charge in [0.2, 0.25) is 0 Å². The molecule has 0 amide bonds. The Labute approximate surface area is 99.2 Å². The molecule has 1 aromatic rings. The minimum Gasteiger partial charge on any atom is -0.478 e. The molecule has 0 aliphatic rings. The molecule has 1 aromatic carbocycles. The number of nitrogens with two attached hydrogens (primary N) is 1. The van der Waals surface area contributed by atoms with Crippen LogP contribution in [-0.4, -0.2) is 17.4 Å². The summed E-state index contributed by atoms with van der Waals surface area (Å²) in [7, 11) is 0. The summed E-state index contributed by atoms with van der Waals surface area (Å²) in [5.41, 5.74) is 4.32. The second kappa shape index (κ2) is 4.93. The van der Waals surface area contributed by atoms with E-state index >= 15 is 0 Å². The molecule has 0 heterocycles. The number of rotatable bonds is 3. The Hall–Kier alpha value is -2.27. The van der Waals surface area contributed by atoms with Gasteiger partial charge in [-0.05, 0) is 17.7 Å². The summed E-state index contributed by atoms with van der Waals surface area (Å²) >= 11 is 0. The highest BCUT2D eigenvalue weighted by molar-refractivity contribution is 5.90. The lowest BCUT2D eigenvalue weighted by molar-refractivity contribution is -0.274. The van der Waals surface area contributed by atoms with Crippen molar-refractivity contribution in [3.05, 3.63) is 28.8 Å². The number of alkyl halides is 3. The molecule has 0 aromatic heterocycles. The average Bonchev–Trinajstić information content (AvgIpc) is 2.25. The molecule has 0 saturated heterocycles. The Kier molecular flexibility index (Phi) is 3.78. The number of carbonyl (C=O) groups is 1. The molecule has 3 N–H and O–H groups in total. The maximum Gasteiger partial charge on any atom is 0.573 e. The molecule has 0 atom stereocenters. The lowest BCUT2D eigenvalue weighted by atomic mass is 10.0. The van der Waals surface area contributed by atoms with Crippen molar-refractivity contribution in [2.24, 2.45) is 5.73 Å². The first kappa shape index (κ1) is 13.8. The molecule has 0 aliphatic heterocycles. The molecule has 1 rings (SSSR count). The number of carboxylic acids is 1. The number of benzene rings is 1. The van der Waals surface area contributed by atoms with Gasteiger partial charge in [0.05, 0.1) is 11.1 Å². The van der Waals surface area contributed by atoms with Gasteiger partial charge in [-0.3, -0.25) is 0 Å². The smallest absolute Gasteiger partial charge is 0.478 e. The zero-order valence-corrected chi connectivity index (χ0v) is 8.78. The highest BCUT2D eigenvalue weighted by atomic mass is 19.4. The third-order valence-corrected chi connectivity index (χ3v) is 2.00. The van der Waals surface area contributed by atoms with E-state index in [1.807, 2.05) is 0 Å². The Morgan fingerprint density at radius 1 is 1.50 bits per heavy atom. The van der Waals surface area contributed by atoms with Crippen LogP contribution in [0.3, 0.4) is 0 Å².